The lowest BCUT2D eigenvalue weighted by molar-refractivity contribution is -0.684. The van der Waals surface area contributed by atoms with Gasteiger partial charge in [-0.1, -0.05) is 0 Å². The maximum atomic E-state index is 10.6. The Morgan fingerprint density at radius 3 is 2.29 bits per heavy atom. The highest BCUT2D eigenvalue weighted by Crippen LogP contribution is 2.05. The lowest BCUT2D eigenvalue weighted by Crippen LogP contribution is -3.00. The fraction of sp³-hybridized carbons (Fsp3) is 0.333. The number of carbonyl (C=O) groups is 1. The van der Waals surface area contributed by atoms with Crippen LogP contribution in [-0.2, 0) is 11.3 Å². The van der Waals surface area contributed by atoms with Crippen LogP contribution in [0.2, 0.25) is 0 Å². The molecule has 1 aromatic heterocycles. The van der Waals surface area contributed by atoms with Gasteiger partial charge in [-0.2, -0.15) is 4.57 Å². The van der Waals surface area contributed by atoms with Crippen molar-refractivity contribution in [1.29, 1.82) is 0 Å². The summed E-state index contributed by atoms with van der Waals surface area (Å²) in [5.41, 5.74) is 6.15. The second kappa shape index (κ2) is 5.79. The Morgan fingerprint density at radius 2 is 1.93 bits per heavy atom. The zero-order valence-corrected chi connectivity index (χ0v) is 10.4. The zero-order chi connectivity index (χ0) is 9.84. The van der Waals surface area contributed by atoms with Gasteiger partial charge in [0.05, 0.1) is 0 Å². The van der Waals surface area contributed by atoms with Gasteiger partial charge >= 0.3 is 0 Å². The van der Waals surface area contributed by atoms with E-state index in [2.05, 4.69) is 0 Å². The van der Waals surface area contributed by atoms with E-state index in [1.165, 1.54) is 0 Å². The molecule has 0 saturated carbocycles. The number of halogens is 1. The van der Waals surface area contributed by atoms with Crippen molar-refractivity contribution in [2.75, 3.05) is 19.0 Å². The largest absolute Gasteiger partial charge is 1.00 e. The lowest BCUT2D eigenvalue weighted by atomic mass is 10.4. The van der Waals surface area contributed by atoms with Crippen molar-refractivity contribution in [2.24, 2.45) is 5.73 Å². The molecule has 0 saturated heterocycles. The smallest absolute Gasteiger partial charge is 0.283 e. The van der Waals surface area contributed by atoms with E-state index in [1.54, 1.807) is 4.57 Å². The third kappa shape index (κ3) is 3.91. The van der Waals surface area contributed by atoms with Gasteiger partial charge in [0.15, 0.2) is 12.4 Å². The predicted octanol–water partition coefficient (Wildman–Crippen LogP) is -3.47. The van der Waals surface area contributed by atoms with Crippen LogP contribution >= 0.6 is 0 Å². The molecule has 0 radical (unpaired) electrons. The number of anilines is 1. The number of nitrogens with zero attached hydrogens (tertiary/aromatic N) is 2. The summed E-state index contributed by atoms with van der Waals surface area (Å²) in [5, 5.41) is 0. The summed E-state index contributed by atoms with van der Waals surface area (Å²) in [4.78, 5) is 12.6. The van der Waals surface area contributed by atoms with Crippen LogP contribution in [0.5, 0.6) is 0 Å². The molecule has 0 bridgehead atoms. The first-order valence-corrected chi connectivity index (χ1v) is 4.04. The van der Waals surface area contributed by atoms with Crippen molar-refractivity contribution in [3.63, 3.8) is 0 Å². The molecule has 0 aliphatic carbocycles. The summed E-state index contributed by atoms with van der Waals surface area (Å²) in [6, 6.07) is 3.87. The average molecular weight is 307 g/mol. The monoisotopic (exact) mass is 307 g/mol. The molecule has 5 heteroatoms. The fourth-order valence-electron chi connectivity index (χ4n) is 1.03. The van der Waals surface area contributed by atoms with Gasteiger partial charge in [0.1, 0.15) is 0 Å². The molecular formula is C9H14IN3O. The number of amides is 1. The number of nitrogens with two attached hydrogens (primary N) is 1. The normalized spacial score (nSPS) is 9.00. The van der Waals surface area contributed by atoms with Gasteiger partial charge < -0.3 is 34.6 Å². The number of rotatable bonds is 3. The molecule has 78 valence electrons. The highest BCUT2D eigenvalue weighted by molar-refractivity contribution is 5.72. The zero-order valence-electron chi connectivity index (χ0n) is 8.27. The van der Waals surface area contributed by atoms with Crippen molar-refractivity contribution in [1.82, 2.24) is 0 Å². The molecule has 2 N–H and O–H groups in total. The van der Waals surface area contributed by atoms with E-state index in [4.69, 9.17) is 5.73 Å². The first-order valence-electron chi connectivity index (χ1n) is 4.04. The van der Waals surface area contributed by atoms with Crippen LogP contribution in [0.15, 0.2) is 24.5 Å². The number of carbonyl (C=O) groups excluding carboxylic acids is 1. The summed E-state index contributed by atoms with van der Waals surface area (Å²) < 4.78 is 1.75. The quantitative estimate of drug-likeness (QED) is 0.466. The average Bonchev–Trinajstić information content (AvgIpc) is 2.04. The fourth-order valence-corrected chi connectivity index (χ4v) is 1.03. The lowest BCUT2D eigenvalue weighted by Gasteiger charge is -2.10. The summed E-state index contributed by atoms with van der Waals surface area (Å²) >= 11 is 0. The molecule has 14 heavy (non-hydrogen) atoms. The number of hydrogen-bond acceptors (Lipinski definition) is 2. The predicted molar refractivity (Wildman–Crippen MR) is 50.2 cm³/mol. The van der Waals surface area contributed by atoms with Gasteiger partial charge in [-0.15, -0.1) is 0 Å². The first kappa shape index (κ1) is 13.2. The molecular weight excluding hydrogens is 293 g/mol. The van der Waals surface area contributed by atoms with Crippen LogP contribution in [0, 0.1) is 0 Å². The van der Waals surface area contributed by atoms with E-state index in [0.29, 0.717) is 0 Å². The number of primary amides is 1. The maximum absolute atomic E-state index is 10.6. The van der Waals surface area contributed by atoms with E-state index >= 15 is 0 Å². The molecule has 0 aromatic carbocycles. The van der Waals surface area contributed by atoms with Crippen LogP contribution < -0.4 is 39.2 Å². The summed E-state index contributed by atoms with van der Waals surface area (Å²) in [7, 11) is 3.93. The Bertz CT molecular complexity index is 297. The molecule has 1 heterocycles. The molecule has 1 amide bonds. The van der Waals surface area contributed by atoms with E-state index in [1.807, 2.05) is 43.5 Å². The molecule has 0 atom stereocenters. The van der Waals surface area contributed by atoms with Crippen LogP contribution in [0.3, 0.4) is 0 Å². The van der Waals surface area contributed by atoms with Gasteiger partial charge in [0, 0.05) is 31.9 Å². The first-order chi connectivity index (χ1) is 6.09. The Hall–Kier alpha value is -0.850. The van der Waals surface area contributed by atoms with E-state index < -0.39 is 0 Å². The molecule has 0 spiro atoms. The highest BCUT2D eigenvalue weighted by Gasteiger charge is 2.04. The third-order valence-corrected chi connectivity index (χ3v) is 1.73. The minimum atomic E-state index is -0.331. The van der Waals surface area contributed by atoms with Gasteiger partial charge in [-0.3, -0.25) is 4.79 Å². The number of aromatic nitrogens is 1. The maximum Gasteiger partial charge on any atom is 0.283 e. The van der Waals surface area contributed by atoms with E-state index in [9.17, 15) is 4.79 Å². The van der Waals surface area contributed by atoms with Crippen molar-refractivity contribution in [3.05, 3.63) is 24.5 Å². The Morgan fingerprint density at radius 1 is 1.43 bits per heavy atom. The molecule has 0 fully saturated rings. The van der Waals surface area contributed by atoms with Gasteiger partial charge in [0.25, 0.3) is 5.91 Å². The van der Waals surface area contributed by atoms with Crippen molar-refractivity contribution in [2.45, 2.75) is 6.54 Å². The molecule has 1 aromatic rings. The second-order valence-corrected chi connectivity index (χ2v) is 3.09. The van der Waals surface area contributed by atoms with Crippen molar-refractivity contribution >= 4 is 11.6 Å². The Balaban J connectivity index is 0.00000169. The minimum absolute atomic E-state index is 0. The molecule has 0 aliphatic heterocycles. The van der Waals surface area contributed by atoms with Crippen LogP contribution in [0.4, 0.5) is 5.69 Å². The summed E-state index contributed by atoms with van der Waals surface area (Å²) in [6.45, 7) is 0.230. The Labute approximate surface area is 101 Å². The van der Waals surface area contributed by atoms with Crippen LogP contribution in [0.25, 0.3) is 0 Å². The molecule has 0 unspecified atom stereocenters. The van der Waals surface area contributed by atoms with Crippen LogP contribution in [0.1, 0.15) is 0 Å². The molecule has 1 rings (SSSR count). The Kier molecular flexibility index (Phi) is 5.44. The van der Waals surface area contributed by atoms with Crippen molar-refractivity contribution in [3.8, 4) is 0 Å². The van der Waals surface area contributed by atoms with Gasteiger partial charge in [0.2, 0.25) is 6.54 Å². The number of pyridine rings is 1. The molecule has 4 nitrogen and oxygen atoms in total. The molecule has 0 aliphatic rings. The number of hydrogen-bond donors (Lipinski definition) is 1. The summed E-state index contributed by atoms with van der Waals surface area (Å²) in [5.74, 6) is -0.331. The van der Waals surface area contributed by atoms with Crippen LogP contribution in [-0.4, -0.2) is 20.0 Å². The van der Waals surface area contributed by atoms with Gasteiger partial charge in [-0.05, 0) is 0 Å². The third-order valence-electron chi connectivity index (χ3n) is 1.73. The van der Waals surface area contributed by atoms with E-state index in [-0.39, 0.29) is 36.4 Å². The topological polar surface area (TPSA) is 50.2 Å². The SMILES string of the molecule is CN(C)c1cc[n+](CC(N)=O)cc1.[I-]. The minimum Gasteiger partial charge on any atom is -1.00 e. The standard InChI is InChI=1S/C9H13N3O.HI/c1-11(2)8-3-5-12(6-4-8)7-9(10)13;/h3-6H,7H2,1-2H3,(H-,10,13);1H. The van der Waals surface area contributed by atoms with Gasteiger partial charge in [-0.25, -0.2) is 0 Å². The highest BCUT2D eigenvalue weighted by atomic mass is 127. The van der Waals surface area contributed by atoms with E-state index in [0.717, 1.165) is 5.69 Å². The second-order valence-electron chi connectivity index (χ2n) is 3.09. The summed E-state index contributed by atoms with van der Waals surface area (Å²) in [6.07, 6.45) is 3.67. The van der Waals surface area contributed by atoms with Crippen molar-refractivity contribution < 1.29 is 33.3 Å².